The van der Waals surface area contributed by atoms with Gasteiger partial charge in [-0.1, -0.05) is 53.7 Å². The molecule has 9 heteroatoms. The quantitative estimate of drug-likeness (QED) is 0.205. The molecule has 0 fully saturated rings. The van der Waals surface area contributed by atoms with Crippen LogP contribution >= 0.6 is 27.7 Å². The molecule has 1 amide bonds. The second-order valence-electron chi connectivity index (χ2n) is 8.19. The van der Waals surface area contributed by atoms with E-state index in [0.717, 1.165) is 21.3 Å². The van der Waals surface area contributed by atoms with Crippen molar-refractivity contribution in [3.05, 3.63) is 70.5 Å². The molecule has 186 valence electrons. The van der Waals surface area contributed by atoms with Gasteiger partial charge in [0.1, 0.15) is 6.61 Å². The van der Waals surface area contributed by atoms with Crippen LogP contribution in [0.3, 0.4) is 0 Å². The molecule has 0 spiro atoms. The maximum Gasteiger partial charge on any atom is 0.234 e. The predicted octanol–water partition coefficient (Wildman–Crippen LogP) is 6.37. The smallest absolute Gasteiger partial charge is 0.234 e. The number of hydrogen-bond donors (Lipinski definition) is 1. The highest BCUT2D eigenvalue weighted by Crippen LogP contribution is 2.30. The summed E-state index contributed by atoms with van der Waals surface area (Å²) in [5.41, 5.74) is 2.99. The molecule has 0 atom stereocenters. The molecular weight excluding hydrogens is 528 g/mol. The molecule has 0 unspecified atom stereocenters. The van der Waals surface area contributed by atoms with Crippen LogP contribution in [0, 0.1) is 6.92 Å². The Labute approximate surface area is 219 Å². The van der Waals surface area contributed by atoms with Gasteiger partial charge in [0, 0.05) is 16.7 Å². The van der Waals surface area contributed by atoms with Gasteiger partial charge in [0.2, 0.25) is 5.91 Å². The number of carbonyl (C=O) groups excluding carboxylic acids is 1. The third-order valence-corrected chi connectivity index (χ3v) is 6.56. The minimum absolute atomic E-state index is 0.105. The van der Waals surface area contributed by atoms with E-state index in [-0.39, 0.29) is 24.2 Å². The summed E-state index contributed by atoms with van der Waals surface area (Å²) in [6, 6.07) is 11.7. The van der Waals surface area contributed by atoms with Gasteiger partial charge in [0.05, 0.1) is 12.4 Å². The molecule has 35 heavy (non-hydrogen) atoms. The summed E-state index contributed by atoms with van der Waals surface area (Å²) < 4.78 is 14.6. The van der Waals surface area contributed by atoms with E-state index >= 15 is 0 Å². The van der Waals surface area contributed by atoms with E-state index < -0.39 is 0 Å². The zero-order valence-electron chi connectivity index (χ0n) is 20.5. The number of thioether (sulfide) groups is 1. The third kappa shape index (κ3) is 7.35. The minimum atomic E-state index is -0.105. The first-order chi connectivity index (χ1) is 16.8. The second kappa shape index (κ2) is 12.8. The maximum atomic E-state index is 12.7. The van der Waals surface area contributed by atoms with Crippen molar-refractivity contribution < 1.29 is 14.3 Å². The summed E-state index contributed by atoms with van der Waals surface area (Å²) in [4.78, 5) is 12.7. The van der Waals surface area contributed by atoms with Crippen molar-refractivity contribution >= 4 is 39.3 Å². The van der Waals surface area contributed by atoms with Crippen LogP contribution in [0.25, 0.3) is 0 Å². The Kier molecular flexibility index (Phi) is 9.80. The van der Waals surface area contributed by atoms with Gasteiger partial charge >= 0.3 is 0 Å². The standard InChI is InChI=1S/C26H31BrN4O3S/c1-6-12-31-24(15-34-22-11-8-18(5)13-23(22)33-7-2)29-30-26(31)35-16-25(32)28-21-10-9-19(27)14-20(21)17(3)4/h6,8-11,13-14,17H,1,7,12,15-16H2,2-5H3,(H,28,32). The number of anilines is 1. The summed E-state index contributed by atoms with van der Waals surface area (Å²) in [6.45, 7) is 13.3. The fourth-order valence-electron chi connectivity index (χ4n) is 3.43. The third-order valence-electron chi connectivity index (χ3n) is 5.10. The Hall–Kier alpha value is -2.78. The molecule has 3 aromatic rings. The van der Waals surface area contributed by atoms with Crippen LogP contribution in [-0.2, 0) is 17.9 Å². The number of amides is 1. The number of rotatable bonds is 12. The minimum Gasteiger partial charge on any atom is -0.490 e. The number of allylic oxidation sites excluding steroid dienone is 1. The molecule has 0 saturated heterocycles. The van der Waals surface area contributed by atoms with Gasteiger partial charge in [-0.3, -0.25) is 9.36 Å². The lowest BCUT2D eigenvalue weighted by Crippen LogP contribution is -2.16. The number of carbonyl (C=O) groups is 1. The molecule has 0 aliphatic heterocycles. The van der Waals surface area contributed by atoms with Crippen LogP contribution in [0.2, 0.25) is 0 Å². The Morgan fingerprint density at radius 1 is 1.20 bits per heavy atom. The van der Waals surface area contributed by atoms with E-state index in [0.29, 0.717) is 35.6 Å². The van der Waals surface area contributed by atoms with Gasteiger partial charge in [-0.2, -0.15) is 0 Å². The zero-order chi connectivity index (χ0) is 25.4. The van der Waals surface area contributed by atoms with Gasteiger partial charge in [-0.25, -0.2) is 0 Å². The molecule has 0 saturated carbocycles. The zero-order valence-corrected chi connectivity index (χ0v) is 22.9. The Morgan fingerprint density at radius 2 is 2.00 bits per heavy atom. The highest BCUT2D eigenvalue weighted by Gasteiger charge is 2.16. The van der Waals surface area contributed by atoms with Crippen molar-refractivity contribution in [1.29, 1.82) is 0 Å². The molecule has 1 N–H and O–H groups in total. The molecule has 2 aromatic carbocycles. The largest absolute Gasteiger partial charge is 0.490 e. The van der Waals surface area contributed by atoms with Crippen LogP contribution in [0.5, 0.6) is 11.5 Å². The molecular formula is C26H31BrN4O3S. The van der Waals surface area contributed by atoms with Crippen LogP contribution in [0.1, 0.15) is 43.6 Å². The number of hydrogen-bond acceptors (Lipinski definition) is 6. The lowest BCUT2D eigenvalue weighted by Gasteiger charge is -2.14. The van der Waals surface area contributed by atoms with Gasteiger partial charge in [0.25, 0.3) is 0 Å². The van der Waals surface area contributed by atoms with Crippen molar-refractivity contribution in [3.8, 4) is 11.5 Å². The average Bonchev–Trinajstić information content (AvgIpc) is 3.20. The van der Waals surface area contributed by atoms with Gasteiger partial charge in [0.15, 0.2) is 22.5 Å². The highest BCUT2D eigenvalue weighted by molar-refractivity contribution is 9.10. The lowest BCUT2D eigenvalue weighted by molar-refractivity contribution is -0.113. The molecule has 7 nitrogen and oxygen atoms in total. The predicted molar refractivity (Wildman–Crippen MR) is 144 cm³/mol. The van der Waals surface area contributed by atoms with Crippen LogP contribution in [0.15, 0.2) is 58.7 Å². The monoisotopic (exact) mass is 558 g/mol. The molecule has 1 heterocycles. The first-order valence-corrected chi connectivity index (χ1v) is 13.2. The van der Waals surface area contributed by atoms with E-state index in [4.69, 9.17) is 9.47 Å². The normalized spacial score (nSPS) is 10.9. The summed E-state index contributed by atoms with van der Waals surface area (Å²) in [5.74, 6) is 2.37. The van der Waals surface area contributed by atoms with Crippen LogP contribution < -0.4 is 14.8 Å². The number of nitrogens with one attached hydrogen (secondary N) is 1. The number of aromatic nitrogens is 3. The van der Waals surface area contributed by atoms with Crippen molar-refractivity contribution in [2.24, 2.45) is 0 Å². The fourth-order valence-corrected chi connectivity index (χ4v) is 4.58. The van der Waals surface area contributed by atoms with E-state index in [1.165, 1.54) is 11.8 Å². The molecule has 0 bridgehead atoms. The number of aryl methyl sites for hydroxylation is 1. The highest BCUT2D eigenvalue weighted by atomic mass is 79.9. The lowest BCUT2D eigenvalue weighted by atomic mass is 10.0. The van der Waals surface area contributed by atoms with E-state index in [1.807, 2.05) is 54.8 Å². The van der Waals surface area contributed by atoms with Crippen molar-refractivity contribution in [1.82, 2.24) is 14.8 Å². The number of halogens is 1. The van der Waals surface area contributed by atoms with Gasteiger partial charge in [-0.15, -0.1) is 16.8 Å². The average molecular weight is 560 g/mol. The Bertz CT molecular complexity index is 1180. The summed E-state index contributed by atoms with van der Waals surface area (Å²) in [5, 5.41) is 12.2. The van der Waals surface area contributed by atoms with Crippen molar-refractivity contribution in [2.75, 3.05) is 17.7 Å². The van der Waals surface area contributed by atoms with Crippen molar-refractivity contribution in [2.45, 2.75) is 51.9 Å². The molecule has 1 aromatic heterocycles. The van der Waals surface area contributed by atoms with E-state index in [1.54, 1.807) is 6.08 Å². The Balaban J connectivity index is 1.67. The summed E-state index contributed by atoms with van der Waals surface area (Å²) >= 11 is 4.83. The van der Waals surface area contributed by atoms with Gasteiger partial charge < -0.3 is 14.8 Å². The molecule has 0 aliphatic carbocycles. The van der Waals surface area contributed by atoms with Crippen molar-refractivity contribution in [3.63, 3.8) is 0 Å². The van der Waals surface area contributed by atoms with Gasteiger partial charge in [-0.05, 0) is 61.2 Å². The van der Waals surface area contributed by atoms with Crippen LogP contribution in [-0.4, -0.2) is 33.0 Å². The van der Waals surface area contributed by atoms with E-state index in [9.17, 15) is 4.79 Å². The molecule has 0 radical (unpaired) electrons. The van der Waals surface area contributed by atoms with Crippen LogP contribution in [0.4, 0.5) is 5.69 Å². The fraction of sp³-hybridized carbons (Fsp3) is 0.346. The second-order valence-corrected chi connectivity index (χ2v) is 10.1. The maximum absolute atomic E-state index is 12.7. The molecule has 0 aliphatic rings. The number of ether oxygens (including phenoxy) is 2. The topological polar surface area (TPSA) is 78.3 Å². The number of nitrogens with zero attached hydrogens (tertiary/aromatic N) is 3. The molecule has 3 rings (SSSR count). The number of benzene rings is 2. The first kappa shape index (κ1) is 26.8. The first-order valence-electron chi connectivity index (χ1n) is 11.4. The Morgan fingerprint density at radius 3 is 2.71 bits per heavy atom. The summed E-state index contributed by atoms with van der Waals surface area (Å²) in [6.07, 6.45) is 1.77. The summed E-state index contributed by atoms with van der Waals surface area (Å²) in [7, 11) is 0. The SMILES string of the molecule is C=CCn1c(COc2ccc(C)cc2OCC)nnc1SCC(=O)Nc1ccc(Br)cc1C(C)C. The van der Waals surface area contributed by atoms with E-state index in [2.05, 4.69) is 51.9 Å².